The fraction of sp³-hybridized carbons (Fsp3) is 0.238. The van der Waals surface area contributed by atoms with E-state index in [0.29, 0.717) is 17.1 Å². The van der Waals surface area contributed by atoms with Crippen molar-refractivity contribution in [3.8, 4) is 11.5 Å². The summed E-state index contributed by atoms with van der Waals surface area (Å²) in [5, 5.41) is 3.75. The number of hydrogen-bond acceptors (Lipinski definition) is 4. The predicted octanol–water partition coefficient (Wildman–Crippen LogP) is 2.71. The Balaban J connectivity index is 1.70. The van der Waals surface area contributed by atoms with E-state index in [1.54, 1.807) is 26.4 Å². The van der Waals surface area contributed by atoms with E-state index in [9.17, 15) is 9.59 Å². The lowest BCUT2D eigenvalue weighted by atomic mass is 10.1. The van der Waals surface area contributed by atoms with Crippen LogP contribution < -0.4 is 20.3 Å². The predicted molar refractivity (Wildman–Crippen MR) is 104 cm³/mol. The molecular formula is C21H22N2O4. The number of carbonyl (C=O) groups excluding carboxylic acids is 1. The van der Waals surface area contributed by atoms with Crippen LogP contribution in [-0.4, -0.2) is 25.1 Å². The molecule has 0 aliphatic carbocycles. The quantitative estimate of drug-likeness (QED) is 0.703. The lowest BCUT2D eigenvalue weighted by Gasteiger charge is -2.10. The first-order valence-electron chi connectivity index (χ1n) is 8.61. The van der Waals surface area contributed by atoms with Gasteiger partial charge in [-0.05, 0) is 41.6 Å². The lowest BCUT2D eigenvalue weighted by molar-refractivity contribution is -0.120. The minimum absolute atomic E-state index is 0.172. The number of benzene rings is 2. The van der Waals surface area contributed by atoms with Crippen molar-refractivity contribution in [3.63, 3.8) is 0 Å². The Hall–Kier alpha value is -3.28. The summed E-state index contributed by atoms with van der Waals surface area (Å²) in [6.45, 7) is 2.12. The molecule has 140 valence electrons. The minimum Gasteiger partial charge on any atom is -0.493 e. The molecule has 0 saturated carbocycles. The Bertz CT molecular complexity index is 1040. The number of aromatic amines is 1. The number of aromatic nitrogens is 1. The molecule has 6 heteroatoms. The van der Waals surface area contributed by atoms with Gasteiger partial charge in [-0.1, -0.05) is 24.3 Å². The fourth-order valence-corrected chi connectivity index (χ4v) is 2.99. The lowest BCUT2D eigenvalue weighted by Crippen LogP contribution is -2.28. The van der Waals surface area contributed by atoms with Gasteiger partial charge in [-0.15, -0.1) is 0 Å². The van der Waals surface area contributed by atoms with E-state index >= 15 is 0 Å². The third-order valence-corrected chi connectivity index (χ3v) is 4.45. The van der Waals surface area contributed by atoms with Crippen LogP contribution in [0.25, 0.3) is 10.9 Å². The Kier molecular flexibility index (Phi) is 5.45. The summed E-state index contributed by atoms with van der Waals surface area (Å²) in [4.78, 5) is 27.4. The molecule has 0 spiro atoms. The van der Waals surface area contributed by atoms with Crippen molar-refractivity contribution in [1.29, 1.82) is 0 Å². The molecule has 0 aliphatic rings. The summed E-state index contributed by atoms with van der Waals surface area (Å²) in [5.74, 6) is 1.01. The summed E-state index contributed by atoms with van der Waals surface area (Å²) in [6, 6.07) is 13.0. The highest BCUT2D eigenvalue weighted by atomic mass is 16.5. The third kappa shape index (κ3) is 4.11. The molecule has 2 N–H and O–H groups in total. The number of methoxy groups -OCH3 is 2. The Morgan fingerprint density at radius 3 is 2.59 bits per heavy atom. The second-order valence-electron chi connectivity index (χ2n) is 6.31. The summed E-state index contributed by atoms with van der Waals surface area (Å²) < 4.78 is 10.4. The van der Waals surface area contributed by atoms with E-state index < -0.39 is 0 Å². The molecule has 1 heterocycles. The summed E-state index contributed by atoms with van der Waals surface area (Å²) >= 11 is 0. The van der Waals surface area contributed by atoms with Crippen LogP contribution in [-0.2, 0) is 17.8 Å². The number of H-pyrrole nitrogens is 1. The maximum Gasteiger partial charge on any atom is 0.253 e. The number of fused-ring (bicyclic) bond motifs is 1. The van der Waals surface area contributed by atoms with Gasteiger partial charge in [0.15, 0.2) is 11.5 Å². The molecule has 6 nitrogen and oxygen atoms in total. The second-order valence-corrected chi connectivity index (χ2v) is 6.31. The van der Waals surface area contributed by atoms with Crippen molar-refractivity contribution in [2.24, 2.45) is 0 Å². The number of hydrogen-bond donors (Lipinski definition) is 2. The topological polar surface area (TPSA) is 80.4 Å². The van der Waals surface area contributed by atoms with Crippen molar-refractivity contribution >= 4 is 16.8 Å². The van der Waals surface area contributed by atoms with Gasteiger partial charge in [0.1, 0.15) is 0 Å². The monoisotopic (exact) mass is 366 g/mol. The van der Waals surface area contributed by atoms with Crippen molar-refractivity contribution in [2.75, 3.05) is 14.2 Å². The molecule has 0 unspecified atom stereocenters. The van der Waals surface area contributed by atoms with Crippen LogP contribution in [0.1, 0.15) is 16.7 Å². The zero-order valence-corrected chi connectivity index (χ0v) is 15.6. The SMILES string of the molecule is COc1ccc(CC(=O)NCc2cc3cccc(C)c3[nH]c2=O)cc1OC. The molecule has 0 radical (unpaired) electrons. The Labute approximate surface area is 157 Å². The first-order valence-corrected chi connectivity index (χ1v) is 8.61. The molecular weight excluding hydrogens is 344 g/mol. The summed E-state index contributed by atoms with van der Waals surface area (Å²) in [5.41, 5.74) is 2.96. The second kappa shape index (κ2) is 7.95. The molecule has 3 aromatic rings. The number of rotatable bonds is 6. The van der Waals surface area contributed by atoms with Gasteiger partial charge in [0, 0.05) is 12.1 Å². The number of aryl methyl sites for hydroxylation is 1. The first-order chi connectivity index (χ1) is 13.0. The van der Waals surface area contributed by atoms with Crippen LogP contribution in [0.2, 0.25) is 0 Å². The summed E-state index contributed by atoms with van der Waals surface area (Å²) in [7, 11) is 3.11. The zero-order valence-electron chi connectivity index (χ0n) is 15.6. The molecule has 0 aliphatic heterocycles. The van der Waals surface area contributed by atoms with Gasteiger partial charge < -0.3 is 19.8 Å². The number of ether oxygens (including phenoxy) is 2. The molecule has 2 aromatic carbocycles. The highest BCUT2D eigenvalue weighted by Gasteiger charge is 2.10. The van der Waals surface area contributed by atoms with Gasteiger partial charge in [-0.3, -0.25) is 9.59 Å². The molecule has 0 saturated heterocycles. The van der Waals surface area contributed by atoms with Crippen LogP contribution in [0.15, 0.2) is 47.3 Å². The van der Waals surface area contributed by atoms with Crippen LogP contribution in [0.5, 0.6) is 11.5 Å². The van der Waals surface area contributed by atoms with Gasteiger partial charge in [-0.2, -0.15) is 0 Å². The molecule has 1 aromatic heterocycles. The molecule has 0 fully saturated rings. The third-order valence-electron chi connectivity index (χ3n) is 4.45. The van der Waals surface area contributed by atoms with Crippen LogP contribution in [0.3, 0.4) is 0 Å². The largest absolute Gasteiger partial charge is 0.493 e. The fourth-order valence-electron chi connectivity index (χ4n) is 2.99. The number of carbonyl (C=O) groups is 1. The van der Waals surface area contributed by atoms with Gasteiger partial charge in [-0.25, -0.2) is 0 Å². The Morgan fingerprint density at radius 2 is 1.85 bits per heavy atom. The first kappa shape index (κ1) is 18.5. The molecule has 0 bridgehead atoms. The average Bonchev–Trinajstić information content (AvgIpc) is 2.67. The van der Waals surface area contributed by atoms with Crippen molar-refractivity contribution in [2.45, 2.75) is 19.9 Å². The van der Waals surface area contributed by atoms with E-state index in [4.69, 9.17) is 9.47 Å². The average molecular weight is 366 g/mol. The number of para-hydroxylation sites is 1. The van der Waals surface area contributed by atoms with Gasteiger partial charge in [0.2, 0.25) is 5.91 Å². The smallest absolute Gasteiger partial charge is 0.253 e. The standard InChI is InChI=1S/C21H22N2O4/c1-13-5-4-6-15-11-16(21(25)23-20(13)15)12-22-19(24)10-14-7-8-17(26-2)18(9-14)27-3/h4-9,11H,10,12H2,1-3H3,(H,22,24)(H,23,25). The number of pyridine rings is 1. The van der Waals surface area contributed by atoms with E-state index in [-0.39, 0.29) is 24.4 Å². The normalized spacial score (nSPS) is 10.6. The maximum atomic E-state index is 12.3. The minimum atomic E-state index is -0.191. The van der Waals surface area contributed by atoms with Crippen LogP contribution in [0, 0.1) is 6.92 Å². The van der Waals surface area contributed by atoms with Crippen molar-refractivity contribution in [1.82, 2.24) is 10.3 Å². The van der Waals surface area contributed by atoms with E-state index in [2.05, 4.69) is 10.3 Å². The van der Waals surface area contributed by atoms with Crippen LogP contribution in [0.4, 0.5) is 0 Å². The molecule has 1 amide bonds. The summed E-state index contributed by atoms with van der Waals surface area (Å²) in [6.07, 6.45) is 0.185. The number of nitrogens with one attached hydrogen (secondary N) is 2. The van der Waals surface area contributed by atoms with Crippen molar-refractivity contribution < 1.29 is 14.3 Å². The molecule has 27 heavy (non-hydrogen) atoms. The van der Waals surface area contributed by atoms with Gasteiger partial charge in [0.25, 0.3) is 5.56 Å². The van der Waals surface area contributed by atoms with E-state index in [1.165, 1.54) is 0 Å². The number of amides is 1. The van der Waals surface area contributed by atoms with Crippen molar-refractivity contribution in [3.05, 3.63) is 69.5 Å². The maximum absolute atomic E-state index is 12.3. The highest BCUT2D eigenvalue weighted by molar-refractivity contribution is 5.82. The molecule has 0 atom stereocenters. The van der Waals surface area contributed by atoms with Gasteiger partial charge >= 0.3 is 0 Å². The van der Waals surface area contributed by atoms with Gasteiger partial charge in [0.05, 0.1) is 26.2 Å². The highest BCUT2D eigenvalue weighted by Crippen LogP contribution is 2.27. The molecule has 3 rings (SSSR count). The van der Waals surface area contributed by atoms with E-state index in [0.717, 1.165) is 22.0 Å². The Morgan fingerprint density at radius 1 is 1.07 bits per heavy atom. The zero-order chi connectivity index (χ0) is 19.4. The van der Waals surface area contributed by atoms with E-state index in [1.807, 2.05) is 37.3 Å². The van der Waals surface area contributed by atoms with Crippen LogP contribution >= 0.6 is 0 Å².